The Morgan fingerprint density at radius 3 is 2.27 bits per heavy atom. The first kappa shape index (κ1) is 25.2. The lowest BCUT2D eigenvalue weighted by atomic mass is 10.0. The summed E-state index contributed by atoms with van der Waals surface area (Å²) in [6.07, 6.45) is 0. The van der Waals surface area contributed by atoms with Gasteiger partial charge >= 0.3 is 0 Å². The Bertz CT molecular complexity index is 689. The highest BCUT2D eigenvalue weighted by molar-refractivity contribution is 14.0. The lowest BCUT2D eigenvalue weighted by Crippen LogP contribution is -2.53. The van der Waals surface area contributed by atoms with E-state index in [2.05, 4.69) is 34.2 Å². The number of aliphatic imine (C=N–C) groups is 1. The fourth-order valence-electron chi connectivity index (χ4n) is 3.84. The van der Waals surface area contributed by atoms with E-state index in [0.717, 1.165) is 70.0 Å². The molecule has 7 nitrogen and oxygen atoms in total. The maximum atomic E-state index is 11.6. The quantitative estimate of drug-likeness (QED) is 0.347. The molecule has 0 aliphatic carbocycles. The predicted octanol–water partition coefficient (Wildman–Crippen LogP) is 2.46. The summed E-state index contributed by atoms with van der Waals surface area (Å²) in [7, 11) is 0. The molecule has 2 fully saturated rings. The Kier molecular flexibility index (Phi) is 10.6. The van der Waals surface area contributed by atoms with Gasteiger partial charge in [-0.3, -0.25) is 14.7 Å². The van der Waals surface area contributed by atoms with Crippen LogP contribution in [0, 0.1) is 0 Å². The fraction of sp³-hybridized carbons (Fsp3) is 0.619. The van der Waals surface area contributed by atoms with Crippen LogP contribution in [0.3, 0.4) is 0 Å². The van der Waals surface area contributed by atoms with E-state index in [1.54, 1.807) is 6.92 Å². The number of carbonyl (C=O) groups is 1. The minimum absolute atomic E-state index is 0. The molecule has 2 aliphatic rings. The van der Waals surface area contributed by atoms with E-state index in [-0.39, 0.29) is 35.9 Å². The van der Waals surface area contributed by atoms with E-state index in [1.165, 1.54) is 5.56 Å². The van der Waals surface area contributed by atoms with Crippen molar-refractivity contribution in [3.05, 3.63) is 34.9 Å². The number of halogens is 2. The number of piperazine rings is 1. The second-order valence-corrected chi connectivity index (χ2v) is 7.84. The molecule has 30 heavy (non-hydrogen) atoms. The van der Waals surface area contributed by atoms with Crippen LogP contribution in [0.4, 0.5) is 0 Å². The van der Waals surface area contributed by atoms with Crippen LogP contribution in [0.1, 0.15) is 25.5 Å². The molecule has 168 valence electrons. The number of benzene rings is 1. The molecular weight excluding hydrogens is 517 g/mol. The number of nitrogens with one attached hydrogen (secondary N) is 1. The number of guanidine groups is 1. The van der Waals surface area contributed by atoms with Crippen molar-refractivity contribution in [2.24, 2.45) is 4.99 Å². The average molecular weight is 550 g/mol. The van der Waals surface area contributed by atoms with Crippen LogP contribution >= 0.6 is 35.6 Å². The van der Waals surface area contributed by atoms with Gasteiger partial charge in [0.15, 0.2) is 5.96 Å². The number of morpholine rings is 1. The zero-order valence-corrected chi connectivity index (χ0v) is 20.9. The molecule has 1 N–H and O–H groups in total. The van der Waals surface area contributed by atoms with Gasteiger partial charge in [-0.25, -0.2) is 0 Å². The molecule has 0 spiro atoms. The van der Waals surface area contributed by atoms with Crippen LogP contribution in [0.5, 0.6) is 0 Å². The van der Waals surface area contributed by atoms with Crippen molar-refractivity contribution in [3.63, 3.8) is 0 Å². The number of carbonyl (C=O) groups excluding carboxylic acids is 1. The van der Waals surface area contributed by atoms with Gasteiger partial charge in [-0.15, -0.1) is 24.0 Å². The summed E-state index contributed by atoms with van der Waals surface area (Å²) in [6, 6.07) is 8.26. The number of nitrogens with zero attached hydrogens (tertiary/aromatic N) is 4. The first-order valence-electron chi connectivity index (χ1n) is 10.4. The summed E-state index contributed by atoms with van der Waals surface area (Å²) >= 11 is 6.10. The van der Waals surface area contributed by atoms with Crippen LogP contribution in [0.2, 0.25) is 5.02 Å². The van der Waals surface area contributed by atoms with Gasteiger partial charge < -0.3 is 19.9 Å². The molecule has 0 saturated carbocycles. The number of hydrogen-bond acceptors (Lipinski definition) is 4. The molecule has 0 radical (unpaired) electrons. The summed E-state index contributed by atoms with van der Waals surface area (Å²) in [5, 5.41) is 4.17. The number of amides is 1. The standard InChI is InChI=1S/C21H32ClN5O2.HI/c1-3-23-21(27-10-8-25(9-11-27)17(2)28)24-16-20(26-12-14-29-15-13-26)18-4-6-19(22)7-5-18;/h4-7,20H,3,8-16H2,1-2H3,(H,23,24);1H. The summed E-state index contributed by atoms with van der Waals surface area (Å²) in [5.41, 5.74) is 1.22. The van der Waals surface area contributed by atoms with Crippen LogP contribution in [0.15, 0.2) is 29.3 Å². The second kappa shape index (κ2) is 12.7. The van der Waals surface area contributed by atoms with Gasteiger partial charge in [-0.05, 0) is 24.6 Å². The molecule has 1 unspecified atom stereocenters. The van der Waals surface area contributed by atoms with Gasteiger partial charge in [0.05, 0.1) is 25.8 Å². The topological polar surface area (TPSA) is 60.4 Å². The Hall–Kier alpha value is -1.10. The van der Waals surface area contributed by atoms with Gasteiger partial charge in [0.25, 0.3) is 0 Å². The highest BCUT2D eigenvalue weighted by Crippen LogP contribution is 2.24. The third-order valence-corrected chi connectivity index (χ3v) is 5.77. The molecular formula is C21H33ClIN5O2. The minimum Gasteiger partial charge on any atom is -0.379 e. The summed E-state index contributed by atoms with van der Waals surface area (Å²) < 4.78 is 5.54. The Labute approximate surface area is 201 Å². The molecule has 0 aromatic heterocycles. The molecule has 2 heterocycles. The van der Waals surface area contributed by atoms with E-state index in [1.807, 2.05) is 17.0 Å². The lowest BCUT2D eigenvalue weighted by Gasteiger charge is -2.37. The Morgan fingerprint density at radius 1 is 1.10 bits per heavy atom. The molecule has 2 saturated heterocycles. The SMILES string of the molecule is CCNC(=NCC(c1ccc(Cl)cc1)N1CCOCC1)N1CCN(C(C)=O)CC1.I. The molecule has 1 atom stereocenters. The molecule has 2 aliphatic heterocycles. The predicted molar refractivity (Wildman–Crippen MR) is 132 cm³/mol. The third kappa shape index (κ3) is 6.96. The molecule has 1 aromatic rings. The van der Waals surface area contributed by atoms with Gasteiger partial charge in [0, 0.05) is 57.8 Å². The molecule has 3 rings (SSSR count). The number of hydrogen-bond donors (Lipinski definition) is 1. The van der Waals surface area contributed by atoms with E-state index < -0.39 is 0 Å². The van der Waals surface area contributed by atoms with Crippen LogP contribution in [-0.4, -0.2) is 92.1 Å². The monoisotopic (exact) mass is 549 g/mol. The van der Waals surface area contributed by atoms with Gasteiger partial charge in [0.2, 0.25) is 5.91 Å². The smallest absolute Gasteiger partial charge is 0.219 e. The molecule has 1 aromatic carbocycles. The fourth-order valence-corrected chi connectivity index (χ4v) is 3.96. The van der Waals surface area contributed by atoms with Crippen molar-refractivity contribution in [2.75, 3.05) is 65.6 Å². The van der Waals surface area contributed by atoms with E-state index in [0.29, 0.717) is 6.54 Å². The molecule has 0 bridgehead atoms. The minimum atomic E-state index is 0. The normalized spacial score (nSPS) is 19.2. The van der Waals surface area contributed by atoms with Crippen molar-refractivity contribution in [2.45, 2.75) is 19.9 Å². The first-order valence-corrected chi connectivity index (χ1v) is 10.8. The molecule has 1 amide bonds. The van der Waals surface area contributed by atoms with Gasteiger partial charge in [-0.2, -0.15) is 0 Å². The van der Waals surface area contributed by atoms with Crippen LogP contribution in [0.25, 0.3) is 0 Å². The maximum Gasteiger partial charge on any atom is 0.219 e. The highest BCUT2D eigenvalue weighted by Gasteiger charge is 2.24. The van der Waals surface area contributed by atoms with Crippen molar-refractivity contribution >= 4 is 47.4 Å². The average Bonchev–Trinajstić information content (AvgIpc) is 2.75. The zero-order valence-electron chi connectivity index (χ0n) is 17.8. The van der Waals surface area contributed by atoms with Crippen molar-refractivity contribution < 1.29 is 9.53 Å². The summed E-state index contributed by atoms with van der Waals surface area (Å²) in [5.74, 6) is 1.06. The lowest BCUT2D eigenvalue weighted by molar-refractivity contribution is -0.130. The Morgan fingerprint density at radius 2 is 1.70 bits per heavy atom. The highest BCUT2D eigenvalue weighted by atomic mass is 127. The van der Waals surface area contributed by atoms with Crippen LogP contribution in [-0.2, 0) is 9.53 Å². The van der Waals surface area contributed by atoms with Crippen molar-refractivity contribution in [3.8, 4) is 0 Å². The Balaban J connectivity index is 0.00000320. The summed E-state index contributed by atoms with van der Waals surface area (Å²) in [6.45, 7) is 11.6. The largest absolute Gasteiger partial charge is 0.379 e. The van der Waals surface area contributed by atoms with E-state index in [4.69, 9.17) is 21.3 Å². The molecule has 9 heteroatoms. The van der Waals surface area contributed by atoms with Gasteiger partial charge in [0.1, 0.15) is 0 Å². The van der Waals surface area contributed by atoms with E-state index in [9.17, 15) is 4.79 Å². The third-order valence-electron chi connectivity index (χ3n) is 5.51. The number of rotatable bonds is 5. The summed E-state index contributed by atoms with van der Waals surface area (Å²) in [4.78, 5) is 23.2. The van der Waals surface area contributed by atoms with Crippen molar-refractivity contribution in [1.29, 1.82) is 0 Å². The maximum absolute atomic E-state index is 11.6. The van der Waals surface area contributed by atoms with Crippen LogP contribution < -0.4 is 5.32 Å². The first-order chi connectivity index (χ1) is 14.1. The number of ether oxygens (including phenoxy) is 1. The van der Waals surface area contributed by atoms with Gasteiger partial charge in [-0.1, -0.05) is 23.7 Å². The second-order valence-electron chi connectivity index (χ2n) is 7.40. The zero-order chi connectivity index (χ0) is 20.6. The van der Waals surface area contributed by atoms with E-state index >= 15 is 0 Å². The van der Waals surface area contributed by atoms with Crippen molar-refractivity contribution in [1.82, 2.24) is 20.0 Å².